The van der Waals surface area contributed by atoms with Gasteiger partial charge in [-0.1, -0.05) is 39.0 Å². The summed E-state index contributed by atoms with van der Waals surface area (Å²) in [5.41, 5.74) is 4.61. The zero-order chi connectivity index (χ0) is 14.1. The minimum Gasteiger partial charge on any atom is -0.310 e. The Morgan fingerprint density at radius 2 is 1.70 bits per heavy atom. The monoisotopic (exact) mass is 271 g/mol. The lowest BCUT2D eigenvalue weighted by atomic mass is 9.87. The first-order valence-corrected chi connectivity index (χ1v) is 8.61. The Kier molecular flexibility index (Phi) is 4.16. The highest BCUT2D eigenvalue weighted by molar-refractivity contribution is 5.34. The summed E-state index contributed by atoms with van der Waals surface area (Å²) < 4.78 is 0. The van der Waals surface area contributed by atoms with Gasteiger partial charge in [-0.3, -0.25) is 0 Å². The number of hydrogen-bond acceptors (Lipinski definition) is 1. The Hall–Kier alpha value is -0.820. The predicted octanol–water partition coefficient (Wildman–Crippen LogP) is 4.51. The molecule has 2 saturated carbocycles. The van der Waals surface area contributed by atoms with Gasteiger partial charge in [-0.25, -0.2) is 0 Å². The maximum absolute atomic E-state index is 3.77. The molecule has 0 aromatic heterocycles. The molecule has 0 spiro atoms. The third kappa shape index (κ3) is 2.65. The average molecular weight is 271 g/mol. The van der Waals surface area contributed by atoms with Gasteiger partial charge >= 0.3 is 0 Å². The molecule has 3 rings (SSSR count). The highest BCUT2D eigenvalue weighted by atomic mass is 14.9. The lowest BCUT2D eigenvalue weighted by Crippen LogP contribution is -2.28. The van der Waals surface area contributed by atoms with Gasteiger partial charge in [0.15, 0.2) is 0 Å². The number of aryl methyl sites for hydroxylation is 2. The fourth-order valence-corrected chi connectivity index (χ4v) is 4.32. The molecule has 0 heterocycles. The van der Waals surface area contributed by atoms with E-state index in [1.165, 1.54) is 30.4 Å². The van der Waals surface area contributed by atoms with Crippen LogP contribution in [0.15, 0.2) is 18.2 Å². The smallest absolute Gasteiger partial charge is 0.0348 e. The zero-order valence-corrected chi connectivity index (χ0v) is 13.3. The van der Waals surface area contributed by atoms with Crippen LogP contribution in [0.5, 0.6) is 0 Å². The van der Waals surface area contributed by atoms with E-state index in [4.69, 9.17) is 0 Å². The Balaban J connectivity index is 1.82. The van der Waals surface area contributed by atoms with Gasteiger partial charge in [0.25, 0.3) is 0 Å². The van der Waals surface area contributed by atoms with Crippen LogP contribution in [0, 0.1) is 17.8 Å². The minimum absolute atomic E-state index is 0.587. The van der Waals surface area contributed by atoms with E-state index in [0.29, 0.717) is 6.04 Å². The lowest BCUT2D eigenvalue weighted by molar-refractivity contribution is 0.346. The third-order valence-electron chi connectivity index (χ3n) is 5.53. The minimum atomic E-state index is 0.587. The van der Waals surface area contributed by atoms with E-state index in [2.05, 4.69) is 44.3 Å². The van der Waals surface area contributed by atoms with E-state index in [0.717, 1.165) is 37.1 Å². The molecule has 0 bridgehead atoms. The number of hydrogen-bond donors (Lipinski definition) is 1. The second-order valence-electron chi connectivity index (χ2n) is 6.76. The summed E-state index contributed by atoms with van der Waals surface area (Å²) in [5, 5.41) is 3.77. The second kappa shape index (κ2) is 5.89. The molecule has 0 radical (unpaired) electrons. The van der Waals surface area contributed by atoms with Gasteiger partial charge in [0.1, 0.15) is 0 Å². The molecule has 20 heavy (non-hydrogen) atoms. The molecule has 1 aromatic carbocycles. The van der Waals surface area contributed by atoms with Crippen molar-refractivity contribution in [3.8, 4) is 0 Å². The van der Waals surface area contributed by atoms with Crippen LogP contribution in [0.4, 0.5) is 0 Å². The topological polar surface area (TPSA) is 12.0 Å². The van der Waals surface area contributed by atoms with E-state index in [-0.39, 0.29) is 0 Å². The summed E-state index contributed by atoms with van der Waals surface area (Å²) in [4.78, 5) is 0. The van der Waals surface area contributed by atoms with Gasteiger partial charge < -0.3 is 5.32 Å². The zero-order valence-electron chi connectivity index (χ0n) is 13.3. The summed E-state index contributed by atoms with van der Waals surface area (Å²) >= 11 is 0. The molecule has 1 heteroatoms. The molecular formula is C19H29N. The van der Waals surface area contributed by atoms with E-state index >= 15 is 0 Å². The van der Waals surface area contributed by atoms with Crippen molar-refractivity contribution in [2.75, 3.05) is 6.54 Å². The van der Waals surface area contributed by atoms with Gasteiger partial charge in [0.05, 0.1) is 0 Å². The van der Waals surface area contributed by atoms with Gasteiger partial charge in [-0.15, -0.1) is 0 Å². The highest BCUT2D eigenvalue weighted by Crippen LogP contribution is 2.57. The molecule has 1 aromatic rings. The fraction of sp³-hybridized carbons (Fsp3) is 0.684. The molecule has 3 unspecified atom stereocenters. The molecule has 0 amide bonds. The van der Waals surface area contributed by atoms with Crippen molar-refractivity contribution in [2.24, 2.45) is 17.8 Å². The Labute approximate surface area is 124 Å². The standard InChI is InChI=1S/C19H29N/c1-4-13-7-8-15(9-14(13)5-2)19(20-6-3)18-11-16-10-17(16)12-18/h7-9,16-20H,4-6,10-12H2,1-3H3. The Morgan fingerprint density at radius 3 is 2.30 bits per heavy atom. The molecule has 2 aliphatic carbocycles. The maximum atomic E-state index is 3.77. The van der Waals surface area contributed by atoms with Gasteiger partial charge in [-0.05, 0) is 73.1 Å². The van der Waals surface area contributed by atoms with Gasteiger partial charge in [0.2, 0.25) is 0 Å². The van der Waals surface area contributed by atoms with E-state index in [9.17, 15) is 0 Å². The lowest BCUT2D eigenvalue weighted by Gasteiger charge is -2.27. The van der Waals surface area contributed by atoms with E-state index < -0.39 is 0 Å². The van der Waals surface area contributed by atoms with Crippen molar-refractivity contribution in [3.05, 3.63) is 34.9 Å². The molecule has 3 atom stereocenters. The molecule has 2 fully saturated rings. The van der Waals surface area contributed by atoms with Crippen LogP contribution in [0.3, 0.4) is 0 Å². The highest BCUT2D eigenvalue weighted by Gasteiger charge is 2.47. The van der Waals surface area contributed by atoms with Gasteiger partial charge in [-0.2, -0.15) is 0 Å². The van der Waals surface area contributed by atoms with Crippen molar-refractivity contribution in [3.63, 3.8) is 0 Å². The molecule has 2 aliphatic rings. The molecule has 0 aliphatic heterocycles. The number of nitrogens with one attached hydrogen (secondary N) is 1. The van der Waals surface area contributed by atoms with Crippen molar-refractivity contribution in [1.82, 2.24) is 5.32 Å². The number of rotatable bonds is 6. The predicted molar refractivity (Wildman–Crippen MR) is 85.9 cm³/mol. The number of fused-ring (bicyclic) bond motifs is 1. The summed E-state index contributed by atoms with van der Waals surface area (Å²) in [7, 11) is 0. The quantitative estimate of drug-likeness (QED) is 0.803. The second-order valence-corrected chi connectivity index (χ2v) is 6.76. The normalized spacial score (nSPS) is 29.2. The van der Waals surface area contributed by atoms with Crippen LogP contribution in [0.1, 0.15) is 62.8 Å². The van der Waals surface area contributed by atoms with Crippen LogP contribution in [-0.2, 0) is 12.8 Å². The van der Waals surface area contributed by atoms with Crippen molar-refractivity contribution in [1.29, 1.82) is 0 Å². The Morgan fingerprint density at radius 1 is 1.00 bits per heavy atom. The van der Waals surface area contributed by atoms with Crippen molar-refractivity contribution < 1.29 is 0 Å². The van der Waals surface area contributed by atoms with Crippen LogP contribution in [0.2, 0.25) is 0 Å². The maximum Gasteiger partial charge on any atom is 0.0348 e. The summed E-state index contributed by atoms with van der Waals surface area (Å²) in [6, 6.07) is 7.82. The molecule has 1 nitrogen and oxygen atoms in total. The first-order valence-electron chi connectivity index (χ1n) is 8.61. The first-order chi connectivity index (χ1) is 9.76. The van der Waals surface area contributed by atoms with Crippen LogP contribution in [0.25, 0.3) is 0 Å². The SMILES string of the molecule is CCNC(c1ccc(CC)c(CC)c1)C1CC2CC2C1. The summed E-state index contributed by atoms with van der Waals surface area (Å²) in [6.45, 7) is 7.86. The van der Waals surface area contributed by atoms with Crippen LogP contribution < -0.4 is 5.32 Å². The number of benzene rings is 1. The summed E-state index contributed by atoms with van der Waals surface area (Å²) in [5.74, 6) is 3.01. The van der Waals surface area contributed by atoms with Crippen LogP contribution in [-0.4, -0.2) is 6.54 Å². The van der Waals surface area contributed by atoms with Crippen LogP contribution >= 0.6 is 0 Å². The van der Waals surface area contributed by atoms with Gasteiger partial charge in [0, 0.05) is 6.04 Å². The molecular weight excluding hydrogens is 242 g/mol. The van der Waals surface area contributed by atoms with E-state index in [1.807, 2.05) is 0 Å². The van der Waals surface area contributed by atoms with Crippen molar-refractivity contribution >= 4 is 0 Å². The average Bonchev–Trinajstić information content (AvgIpc) is 3.10. The van der Waals surface area contributed by atoms with E-state index in [1.54, 1.807) is 5.56 Å². The largest absolute Gasteiger partial charge is 0.310 e. The molecule has 0 saturated heterocycles. The summed E-state index contributed by atoms with van der Waals surface area (Å²) in [6.07, 6.45) is 6.75. The Bertz CT molecular complexity index is 455. The first kappa shape index (κ1) is 14.1. The molecule has 110 valence electrons. The van der Waals surface area contributed by atoms with Crippen molar-refractivity contribution in [2.45, 2.75) is 58.9 Å². The molecule has 1 N–H and O–H groups in total. The fourth-order valence-electron chi connectivity index (χ4n) is 4.32. The third-order valence-corrected chi connectivity index (χ3v) is 5.53.